The van der Waals surface area contributed by atoms with Gasteiger partial charge in [0.25, 0.3) is 10.0 Å². The highest BCUT2D eigenvalue weighted by atomic mass is 35.5. The summed E-state index contributed by atoms with van der Waals surface area (Å²) in [5.41, 5.74) is 0.454. The van der Waals surface area contributed by atoms with Crippen LogP contribution >= 0.6 is 11.6 Å². The predicted octanol–water partition coefficient (Wildman–Crippen LogP) is 2.38. The zero-order valence-electron chi connectivity index (χ0n) is 6.81. The van der Waals surface area contributed by atoms with Crippen molar-refractivity contribution in [2.24, 2.45) is 9.63 Å². The van der Waals surface area contributed by atoms with Crippen LogP contribution in [-0.4, -0.2) is 14.7 Å². The zero-order valence-corrected chi connectivity index (χ0v) is 8.38. The molecule has 0 spiro atoms. The molecule has 0 saturated carbocycles. The molecule has 0 unspecified atom stereocenters. The summed E-state index contributed by atoms with van der Waals surface area (Å²) in [5, 5.41) is 4.06. The van der Waals surface area contributed by atoms with Gasteiger partial charge >= 0.3 is 0 Å². The normalized spacial score (nSPS) is 12.2. The average molecular weight is 219 g/mol. The topological polar surface area (TPSA) is 58.9 Å². The molecule has 0 aliphatic heterocycles. The number of nitrogens with zero attached hydrogens (tertiary/aromatic N) is 2. The number of hydrogen-bond acceptors (Lipinski definition) is 3. The number of rotatable bonds is 2. The van der Waals surface area contributed by atoms with Gasteiger partial charge in [0, 0.05) is 5.02 Å². The van der Waals surface area contributed by atoms with Crippen molar-refractivity contribution in [1.82, 2.24) is 0 Å². The maximum Gasteiger partial charge on any atom is 0.267 e. The molecule has 70 valence electrons. The second kappa shape index (κ2) is 3.85. The molecule has 0 saturated heterocycles. The Morgan fingerprint density at radius 1 is 1.23 bits per heavy atom. The monoisotopic (exact) mass is 218 g/mol. The van der Waals surface area contributed by atoms with Gasteiger partial charge in [-0.05, 0) is 24.3 Å². The van der Waals surface area contributed by atoms with E-state index in [0.717, 1.165) is 6.26 Å². The minimum atomic E-state index is -3.41. The highest BCUT2D eigenvalue weighted by Gasteiger charge is 1.95. The first-order chi connectivity index (χ1) is 5.97. The molecule has 0 amide bonds. The standard InChI is InChI=1S/C7H7ClN2O2S/c1-13(11,12)10-9-7-4-2-6(8)3-5-7/h2-5H,1H3. The average Bonchev–Trinajstić information content (AvgIpc) is 2.02. The zero-order chi connectivity index (χ0) is 9.90. The van der Waals surface area contributed by atoms with Gasteiger partial charge in [0.2, 0.25) is 0 Å². The summed E-state index contributed by atoms with van der Waals surface area (Å²) in [4.78, 5) is 0. The second-order valence-corrected chi connectivity index (χ2v) is 4.46. The van der Waals surface area contributed by atoms with Crippen LogP contribution in [0.5, 0.6) is 0 Å². The molecule has 0 N–H and O–H groups in total. The van der Waals surface area contributed by atoms with E-state index < -0.39 is 10.0 Å². The third-order valence-corrected chi connectivity index (χ3v) is 1.76. The molecule has 0 bridgehead atoms. The maximum absolute atomic E-state index is 10.6. The molecule has 1 aromatic carbocycles. The van der Waals surface area contributed by atoms with E-state index in [1.165, 1.54) is 0 Å². The van der Waals surface area contributed by atoms with Crippen LogP contribution in [0.15, 0.2) is 33.9 Å². The highest BCUT2D eigenvalue weighted by molar-refractivity contribution is 7.89. The van der Waals surface area contributed by atoms with Crippen LogP contribution in [0, 0.1) is 0 Å². The van der Waals surface area contributed by atoms with Crippen molar-refractivity contribution in [3.05, 3.63) is 29.3 Å². The van der Waals surface area contributed by atoms with Gasteiger partial charge in [0.15, 0.2) is 0 Å². The summed E-state index contributed by atoms with van der Waals surface area (Å²) in [6.45, 7) is 0. The van der Waals surface area contributed by atoms with Crippen molar-refractivity contribution in [2.75, 3.05) is 6.26 Å². The van der Waals surface area contributed by atoms with E-state index in [-0.39, 0.29) is 0 Å². The van der Waals surface area contributed by atoms with Crippen LogP contribution in [0.1, 0.15) is 0 Å². The molecule has 13 heavy (non-hydrogen) atoms. The highest BCUT2D eigenvalue weighted by Crippen LogP contribution is 2.16. The van der Waals surface area contributed by atoms with Crippen molar-refractivity contribution in [3.8, 4) is 0 Å². The number of halogens is 1. The van der Waals surface area contributed by atoms with Gasteiger partial charge in [-0.1, -0.05) is 16.1 Å². The van der Waals surface area contributed by atoms with Crippen LogP contribution in [0.2, 0.25) is 5.02 Å². The maximum atomic E-state index is 10.6. The Kier molecular flexibility index (Phi) is 3.00. The third-order valence-electron chi connectivity index (χ3n) is 1.13. The summed E-state index contributed by atoms with van der Waals surface area (Å²) in [7, 11) is -3.41. The SMILES string of the molecule is CS(=O)(=O)N=Nc1ccc(Cl)cc1. The van der Waals surface area contributed by atoms with Gasteiger partial charge in [-0.15, -0.1) is 5.11 Å². The Balaban J connectivity index is 2.88. The summed E-state index contributed by atoms with van der Waals surface area (Å²) in [5.74, 6) is 0. The van der Waals surface area contributed by atoms with Crippen LogP contribution < -0.4 is 0 Å². The Morgan fingerprint density at radius 2 is 1.77 bits per heavy atom. The minimum Gasteiger partial charge on any atom is -0.203 e. The van der Waals surface area contributed by atoms with E-state index in [1.54, 1.807) is 24.3 Å². The largest absolute Gasteiger partial charge is 0.267 e. The summed E-state index contributed by atoms with van der Waals surface area (Å²) >= 11 is 5.61. The van der Waals surface area contributed by atoms with Gasteiger partial charge in [0.1, 0.15) is 0 Å². The van der Waals surface area contributed by atoms with Crippen molar-refractivity contribution < 1.29 is 8.42 Å². The fraction of sp³-hybridized carbons (Fsp3) is 0.143. The van der Waals surface area contributed by atoms with Crippen LogP contribution in [0.3, 0.4) is 0 Å². The van der Waals surface area contributed by atoms with Crippen LogP contribution in [0.4, 0.5) is 5.69 Å². The van der Waals surface area contributed by atoms with Gasteiger partial charge in [0.05, 0.1) is 11.9 Å². The van der Waals surface area contributed by atoms with Gasteiger partial charge in [-0.3, -0.25) is 0 Å². The van der Waals surface area contributed by atoms with E-state index in [0.29, 0.717) is 10.7 Å². The lowest BCUT2D eigenvalue weighted by atomic mass is 10.3. The lowest BCUT2D eigenvalue weighted by molar-refractivity contribution is 0.601. The fourth-order valence-corrected chi connectivity index (χ4v) is 0.998. The molecule has 0 aromatic heterocycles. The van der Waals surface area contributed by atoms with Gasteiger partial charge in [-0.2, -0.15) is 0 Å². The summed E-state index contributed by atoms with van der Waals surface area (Å²) in [6, 6.07) is 6.38. The molecule has 0 heterocycles. The van der Waals surface area contributed by atoms with Crippen LogP contribution in [-0.2, 0) is 10.0 Å². The summed E-state index contributed by atoms with van der Waals surface area (Å²) < 4.78 is 24.3. The molecule has 1 rings (SSSR count). The molecular formula is C7H7ClN2O2S. The van der Waals surface area contributed by atoms with Gasteiger partial charge in [-0.25, -0.2) is 8.42 Å². The molecule has 0 aliphatic carbocycles. The van der Waals surface area contributed by atoms with E-state index >= 15 is 0 Å². The van der Waals surface area contributed by atoms with Crippen molar-refractivity contribution in [2.45, 2.75) is 0 Å². The van der Waals surface area contributed by atoms with E-state index in [4.69, 9.17) is 11.6 Å². The Bertz CT molecular complexity index is 411. The van der Waals surface area contributed by atoms with Gasteiger partial charge < -0.3 is 0 Å². The molecule has 1 aromatic rings. The lowest BCUT2D eigenvalue weighted by Crippen LogP contribution is -1.86. The molecule has 4 nitrogen and oxygen atoms in total. The molecule has 0 fully saturated rings. The smallest absolute Gasteiger partial charge is 0.203 e. The summed E-state index contributed by atoms with van der Waals surface area (Å²) in [6.07, 6.45) is 0.979. The predicted molar refractivity (Wildman–Crippen MR) is 50.8 cm³/mol. The first kappa shape index (κ1) is 10.1. The molecular weight excluding hydrogens is 212 g/mol. The lowest BCUT2D eigenvalue weighted by Gasteiger charge is -1.90. The molecule has 6 heteroatoms. The van der Waals surface area contributed by atoms with E-state index in [2.05, 4.69) is 9.63 Å². The Labute approximate surface area is 81.3 Å². The molecule has 0 radical (unpaired) electrons. The fourth-order valence-electron chi connectivity index (χ4n) is 0.629. The van der Waals surface area contributed by atoms with E-state index in [9.17, 15) is 8.42 Å². The van der Waals surface area contributed by atoms with Crippen molar-refractivity contribution in [3.63, 3.8) is 0 Å². The Morgan fingerprint density at radius 3 is 2.23 bits per heavy atom. The number of sulfonamides is 1. The van der Waals surface area contributed by atoms with Crippen molar-refractivity contribution in [1.29, 1.82) is 0 Å². The van der Waals surface area contributed by atoms with Crippen molar-refractivity contribution >= 4 is 27.3 Å². The quantitative estimate of drug-likeness (QED) is 0.716. The first-order valence-corrected chi connectivity index (χ1v) is 5.58. The van der Waals surface area contributed by atoms with E-state index in [1.807, 2.05) is 0 Å². The number of benzene rings is 1. The third kappa shape index (κ3) is 4.00. The molecule has 0 aliphatic rings. The molecule has 0 atom stereocenters. The number of hydrogen-bond donors (Lipinski definition) is 0. The first-order valence-electron chi connectivity index (χ1n) is 3.36. The second-order valence-electron chi connectivity index (χ2n) is 2.39. The van der Waals surface area contributed by atoms with Crippen LogP contribution in [0.25, 0.3) is 0 Å². The minimum absolute atomic E-state index is 0.454. The Hall–Kier alpha value is -0.940.